The van der Waals surface area contributed by atoms with E-state index in [4.69, 9.17) is 5.11 Å². The van der Waals surface area contributed by atoms with Gasteiger partial charge in [-0.3, -0.25) is 4.79 Å². The molecule has 0 unspecified atom stereocenters. The van der Waals surface area contributed by atoms with Crippen LogP contribution in [0.25, 0.3) is 6.08 Å². The lowest BCUT2D eigenvalue weighted by Crippen LogP contribution is -2.25. The van der Waals surface area contributed by atoms with Gasteiger partial charge < -0.3 is 10.4 Å². The largest absolute Gasteiger partial charge is 0.478 e. The van der Waals surface area contributed by atoms with Crippen molar-refractivity contribution in [2.45, 2.75) is 20.3 Å². The minimum Gasteiger partial charge on any atom is -0.478 e. The maximum absolute atomic E-state index is 11.9. The van der Waals surface area contributed by atoms with Crippen molar-refractivity contribution in [2.24, 2.45) is 5.92 Å². The van der Waals surface area contributed by atoms with Gasteiger partial charge in [0.2, 0.25) is 0 Å². The lowest BCUT2D eigenvalue weighted by atomic mass is 10.1. The highest BCUT2D eigenvalue weighted by molar-refractivity contribution is 5.95. The summed E-state index contributed by atoms with van der Waals surface area (Å²) in [6, 6.07) is 6.87. The summed E-state index contributed by atoms with van der Waals surface area (Å²) in [5.74, 6) is -0.594. The molecule has 1 rings (SSSR count). The van der Waals surface area contributed by atoms with E-state index in [2.05, 4.69) is 19.2 Å². The zero-order valence-corrected chi connectivity index (χ0v) is 11.2. The van der Waals surface area contributed by atoms with Gasteiger partial charge in [0.05, 0.1) is 0 Å². The monoisotopic (exact) mass is 261 g/mol. The third kappa shape index (κ3) is 5.86. The van der Waals surface area contributed by atoms with Crippen LogP contribution >= 0.6 is 0 Å². The second-order valence-corrected chi connectivity index (χ2v) is 4.74. The number of aliphatic carboxylic acids is 1. The van der Waals surface area contributed by atoms with Crippen LogP contribution in [0.3, 0.4) is 0 Å². The fraction of sp³-hybridized carbons (Fsp3) is 0.333. The summed E-state index contributed by atoms with van der Waals surface area (Å²) in [5, 5.41) is 11.4. The maximum Gasteiger partial charge on any atom is 0.328 e. The Morgan fingerprint density at radius 1 is 1.37 bits per heavy atom. The molecular formula is C15H19NO3. The van der Waals surface area contributed by atoms with Crippen LogP contribution in [0.4, 0.5) is 0 Å². The summed E-state index contributed by atoms with van der Waals surface area (Å²) in [6.45, 7) is 4.85. The topological polar surface area (TPSA) is 66.4 Å². The highest BCUT2D eigenvalue weighted by atomic mass is 16.4. The molecule has 19 heavy (non-hydrogen) atoms. The van der Waals surface area contributed by atoms with Gasteiger partial charge in [0.15, 0.2) is 0 Å². The number of benzene rings is 1. The number of hydrogen-bond acceptors (Lipinski definition) is 2. The van der Waals surface area contributed by atoms with Crippen LogP contribution in [0.2, 0.25) is 0 Å². The molecule has 0 aliphatic rings. The molecule has 0 atom stereocenters. The Balaban J connectivity index is 2.65. The Kier molecular flexibility index (Phi) is 5.79. The van der Waals surface area contributed by atoms with Crippen LogP contribution in [-0.2, 0) is 4.79 Å². The molecule has 0 bridgehead atoms. The normalized spacial score (nSPS) is 10.9. The molecule has 1 aromatic carbocycles. The minimum atomic E-state index is -1.01. The van der Waals surface area contributed by atoms with E-state index in [0.29, 0.717) is 23.6 Å². The van der Waals surface area contributed by atoms with Crippen molar-refractivity contribution < 1.29 is 14.7 Å². The van der Waals surface area contributed by atoms with E-state index in [-0.39, 0.29) is 5.91 Å². The van der Waals surface area contributed by atoms with E-state index >= 15 is 0 Å². The van der Waals surface area contributed by atoms with E-state index in [0.717, 1.165) is 12.5 Å². The van der Waals surface area contributed by atoms with Gasteiger partial charge in [-0.15, -0.1) is 0 Å². The smallest absolute Gasteiger partial charge is 0.328 e. The molecule has 2 N–H and O–H groups in total. The summed E-state index contributed by atoms with van der Waals surface area (Å²) >= 11 is 0. The van der Waals surface area contributed by atoms with E-state index < -0.39 is 5.97 Å². The number of nitrogens with one attached hydrogen (secondary N) is 1. The number of carboxylic acids is 1. The Morgan fingerprint density at radius 2 is 2.11 bits per heavy atom. The molecule has 0 fully saturated rings. The molecule has 0 saturated heterocycles. The maximum atomic E-state index is 11.9. The van der Waals surface area contributed by atoms with E-state index in [1.54, 1.807) is 24.3 Å². The van der Waals surface area contributed by atoms with Gasteiger partial charge >= 0.3 is 5.97 Å². The minimum absolute atomic E-state index is 0.133. The van der Waals surface area contributed by atoms with Gasteiger partial charge in [-0.1, -0.05) is 26.0 Å². The second kappa shape index (κ2) is 7.36. The number of rotatable bonds is 6. The van der Waals surface area contributed by atoms with Gasteiger partial charge in [0, 0.05) is 18.2 Å². The Bertz CT molecular complexity index is 478. The number of amides is 1. The number of hydrogen-bond donors (Lipinski definition) is 2. The highest BCUT2D eigenvalue weighted by Gasteiger charge is 2.05. The fourth-order valence-corrected chi connectivity index (χ4v) is 1.53. The molecule has 1 amide bonds. The quantitative estimate of drug-likeness (QED) is 0.773. The van der Waals surface area contributed by atoms with Crippen LogP contribution in [-0.4, -0.2) is 23.5 Å². The van der Waals surface area contributed by atoms with E-state index in [1.165, 1.54) is 6.08 Å². The summed E-state index contributed by atoms with van der Waals surface area (Å²) in [4.78, 5) is 22.3. The predicted octanol–water partition coefficient (Wildman–Crippen LogP) is 2.56. The van der Waals surface area contributed by atoms with E-state index in [1.807, 2.05) is 0 Å². The Hall–Kier alpha value is -2.10. The van der Waals surface area contributed by atoms with Crippen molar-refractivity contribution in [2.75, 3.05) is 6.54 Å². The summed E-state index contributed by atoms with van der Waals surface area (Å²) in [5.41, 5.74) is 1.23. The van der Waals surface area contributed by atoms with Crippen molar-refractivity contribution in [3.63, 3.8) is 0 Å². The molecule has 102 valence electrons. The molecule has 0 heterocycles. The van der Waals surface area contributed by atoms with E-state index in [9.17, 15) is 9.59 Å². The molecular weight excluding hydrogens is 242 g/mol. The van der Waals surface area contributed by atoms with Crippen LogP contribution < -0.4 is 5.32 Å². The van der Waals surface area contributed by atoms with Gasteiger partial charge in [-0.05, 0) is 36.1 Å². The number of carbonyl (C=O) groups excluding carboxylic acids is 1. The first-order chi connectivity index (χ1) is 8.99. The van der Waals surface area contributed by atoms with Gasteiger partial charge in [0.1, 0.15) is 0 Å². The predicted molar refractivity (Wildman–Crippen MR) is 74.9 cm³/mol. The molecule has 4 heteroatoms. The zero-order chi connectivity index (χ0) is 14.3. The van der Waals surface area contributed by atoms with Crippen molar-refractivity contribution >= 4 is 18.0 Å². The first-order valence-electron chi connectivity index (χ1n) is 6.28. The van der Waals surface area contributed by atoms with Crippen molar-refractivity contribution in [3.8, 4) is 0 Å². The molecule has 0 saturated carbocycles. The summed E-state index contributed by atoms with van der Waals surface area (Å²) in [6.07, 6.45) is 3.45. The molecule has 4 nitrogen and oxygen atoms in total. The molecule has 1 aromatic rings. The molecule has 0 spiro atoms. The first-order valence-corrected chi connectivity index (χ1v) is 6.28. The SMILES string of the molecule is CC(C)CCNC(=O)c1cccc(/C=C/C(=O)O)c1. The Morgan fingerprint density at radius 3 is 2.74 bits per heavy atom. The molecule has 0 radical (unpaired) electrons. The van der Waals surface area contributed by atoms with Crippen LogP contribution in [0.15, 0.2) is 30.3 Å². The number of carbonyl (C=O) groups is 2. The van der Waals surface area contributed by atoms with Gasteiger partial charge in [0.25, 0.3) is 5.91 Å². The van der Waals surface area contributed by atoms with Gasteiger partial charge in [-0.25, -0.2) is 4.79 Å². The standard InChI is InChI=1S/C15H19NO3/c1-11(2)8-9-16-15(19)13-5-3-4-12(10-13)6-7-14(17)18/h3-7,10-11H,8-9H2,1-2H3,(H,16,19)(H,17,18)/b7-6+. The first kappa shape index (κ1) is 15.0. The van der Waals surface area contributed by atoms with Gasteiger partial charge in [-0.2, -0.15) is 0 Å². The fourth-order valence-electron chi connectivity index (χ4n) is 1.53. The zero-order valence-electron chi connectivity index (χ0n) is 11.2. The second-order valence-electron chi connectivity index (χ2n) is 4.74. The van der Waals surface area contributed by atoms with Crippen LogP contribution in [0.1, 0.15) is 36.2 Å². The highest BCUT2D eigenvalue weighted by Crippen LogP contribution is 2.07. The summed E-state index contributed by atoms with van der Waals surface area (Å²) < 4.78 is 0. The third-order valence-corrected chi connectivity index (χ3v) is 2.57. The third-order valence-electron chi connectivity index (χ3n) is 2.57. The summed E-state index contributed by atoms with van der Waals surface area (Å²) in [7, 11) is 0. The average molecular weight is 261 g/mol. The number of carboxylic acid groups (broad SMARTS) is 1. The Labute approximate surface area is 113 Å². The van der Waals surface area contributed by atoms with Crippen LogP contribution in [0, 0.1) is 5.92 Å². The van der Waals surface area contributed by atoms with Crippen molar-refractivity contribution in [3.05, 3.63) is 41.5 Å². The van der Waals surface area contributed by atoms with Crippen molar-refractivity contribution in [1.29, 1.82) is 0 Å². The molecule has 0 aromatic heterocycles. The van der Waals surface area contributed by atoms with Crippen molar-refractivity contribution in [1.82, 2.24) is 5.32 Å². The average Bonchev–Trinajstić information content (AvgIpc) is 2.36. The molecule has 0 aliphatic carbocycles. The lowest BCUT2D eigenvalue weighted by molar-refractivity contribution is -0.131. The van der Waals surface area contributed by atoms with Crippen LogP contribution in [0.5, 0.6) is 0 Å². The molecule has 0 aliphatic heterocycles. The lowest BCUT2D eigenvalue weighted by Gasteiger charge is -2.07.